The van der Waals surface area contributed by atoms with Gasteiger partial charge in [0.2, 0.25) is 0 Å². The van der Waals surface area contributed by atoms with Crippen molar-refractivity contribution < 1.29 is 19.2 Å². The van der Waals surface area contributed by atoms with E-state index in [4.69, 9.17) is 21.1 Å². The van der Waals surface area contributed by atoms with Crippen molar-refractivity contribution in [1.29, 1.82) is 5.26 Å². The molecule has 0 atom stereocenters. The van der Waals surface area contributed by atoms with Crippen LogP contribution in [0.1, 0.15) is 11.1 Å². The Bertz CT molecular complexity index is 1300. The Hall–Kier alpha value is -3.62. The lowest BCUT2D eigenvalue weighted by Gasteiger charge is -2.14. The molecule has 0 aliphatic heterocycles. The topological polar surface area (TPSA) is 114 Å². The molecule has 10 heteroatoms. The number of ether oxygens (including phenoxy) is 2. The largest absolute Gasteiger partial charge is 0.493 e. The van der Waals surface area contributed by atoms with Crippen molar-refractivity contribution in [2.45, 2.75) is 6.61 Å². The summed E-state index contributed by atoms with van der Waals surface area (Å²) in [5.74, 6) is 0.289. The second-order valence-electron chi connectivity index (χ2n) is 6.84. The van der Waals surface area contributed by atoms with Gasteiger partial charge in [-0.1, -0.05) is 29.8 Å². The molecule has 3 aromatic rings. The summed E-state index contributed by atoms with van der Waals surface area (Å²) in [7, 11) is 1.49. The lowest BCUT2D eigenvalue weighted by Crippen LogP contribution is -2.13. The molecule has 0 radical (unpaired) electrons. The average Bonchev–Trinajstić information content (AvgIpc) is 2.82. The summed E-state index contributed by atoms with van der Waals surface area (Å²) in [5, 5.41) is 23.4. The molecule has 1 N–H and O–H groups in total. The van der Waals surface area contributed by atoms with Gasteiger partial charge in [0, 0.05) is 28.4 Å². The van der Waals surface area contributed by atoms with Gasteiger partial charge in [-0.3, -0.25) is 14.9 Å². The van der Waals surface area contributed by atoms with Gasteiger partial charge in [-0.2, -0.15) is 5.26 Å². The summed E-state index contributed by atoms with van der Waals surface area (Å²) in [4.78, 5) is 22.8. The number of anilines is 1. The van der Waals surface area contributed by atoms with Gasteiger partial charge in [-0.05, 0) is 64.6 Å². The highest BCUT2D eigenvalue weighted by Crippen LogP contribution is 2.35. The first-order valence-electron chi connectivity index (χ1n) is 9.73. The van der Waals surface area contributed by atoms with Gasteiger partial charge < -0.3 is 14.8 Å². The van der Waals surface area contributed by atoms with E-state index in [1.807, 2.05) is 24.3 Å². The van der Waals surface area contributed by atoms with E-state index in [1.165, 1.54) is 37.5 Å². The summed E-state index contributed by atoms with van der Waals surface area (Å²) in [5.41, 5.74) is 1.45. The minimum Gasteiger partial charge on any atom is -0.493 e. The predicted molar refractivity (Wildman–Crippen MR) is 137 cm³/mol. The number of hydrogen-bond acceptors (Lipinski definition) is 6. The summed E-state index contributed by atoms with van der Waals surface area (Å²) in [6.45, 7) is 0.238. The second-order valence-corrected chi connectivity index (χ2v) is 8.41. The molecule has 0 aliphatic rings. The van der Waals surface area contributed by atoms with Crippen LogP contribution in [0.25, 0.3) is 6.08 Å². The quantitative estimate of drug-likeness (QED) is 0.114. The maximum atomic E-state index is 12.6. The van der Waals surface area contributed by atoms with Crippen LogP contribution in [0.2, 0.25) is 5.02 Å². The number of nitro benzene ring substituents is 1. The monoisotopic (exact) mass is 589 g/mol. The number of carbonyl (C=O) groups is 1. The van der Waals surface area contributed by atoms with Gasteiger partial charge in [0.1, 0.15) is 18.2 Å². The molecule has 0 bridgehead atoms. The van der Waals surface area contributed by atoms with Crippen LogP contribution in [0, 0.1) is 25.0 Å². The van der Waals surface area contributed by atoms with Crippen molar-refractivity contribution in [2.75, 3.05) is 12.4 Å². The molecule has 0 unspecified atom stereocenters. The van der Waals surface area contributed by atoms with Crippen LogP contribution in [0.4, 0.5) is 11.4 Å². The third kappa shape index (κ3) is 6.24. The van der Waals surface area contributed by atoms with Crippen LogP contribution in [0.15, 0.2) is 66.2 Å². The Labute approximate surface area is 214 Å². The number of nitro groups is 1. The van der Waals surface area contributed by atoms with Crippen molar-refractivity contribution in [2.24, 2.45) is 0 Å². The second kappa shape index (κ2) is 11.5. The first-order chi connectivity index (χ1) is 16.3. The van der Waals surface area contributed by atoms with Gasteiger partial charge in [-0.15, -0.1) is 0 Å². The predicted octanol–water partition coefficient (Wildman–Crippen LogP) is 5.99. The first kappa shape index (κ1) is 25.0. The molecular weight excluding hydrogens is 573 g/mol. The summed E-state index contributed by atoms with van der Waals surface area (Å²) >= 11 is 8.28. The van der Waals surface area contributed by atoms with E-state index in [2.05, 4.69) is 27.9 Å². The van der Waals surface area contributed by atoms with E-state index in [0.29, 0.717) is 31.3 Å². The Balaban J connectivity index is 1.80. The summed E-state index contributed by atoms with van der Waals surface area (Å²) in [6, 6.07) is 17.9. The van der Waals surface area contributed by atoms with Gasteiger partial charge in [0.25, 0.3) is 11.6 Å². The molecule has 3 aromatic carbocycles. The average molecular weight is 590 g/mol. The van der Waals surface area contributed by atoms with Gasteiger partial charge in [-0.25, -0.2) is 0 Å². The lowest BCUT2D eigenvalue weighted by atomic mass is 10.1. The maximum Gasteiger partial charge on any atom is 0.269 e. The van der Waals surface area contributed by atoms with E-state index >= 15 is 0 Å². The molecule has 0 saturated heterocycles. The highest BCUT2D eigenvalue weighted by Gasteiger charge is 2.15. The molecule has 0 fully saturated rings. The normalized spacial score (nSPS) is 10.8. The molecule has 1 amide bonds. The summed E-state index contributed by atoms with van der Waals surface area (Å²) in [6.07, 6.45) is 1.42. The Morgan fingerprint density at radius 2 is 1.94 bits per heavy atom. The van der Waals surface area contributed by atoms with Crippen molar-refractivity contribution in [3.05, 3.63) is 96.1 Å². The van der Waals surface area contributed by atoms with Crippen molar-refractivity contribution in [3.63, 3.8) is 0 Å². The fourth-order valence-electron chi connectivity index (χ4n) is 2.91. The zero-order valence-electron chi connectivity index (χ0n) is 17.7. The van der Waals surface area contributed by atoms with Crippen LogP contribution in [-0.2, 0) is 11.4 Å². The fourth-order valence-corrected chi connectivity index (χ4v) is 3.88. The number of benzene rings is 3. The Morgan fingerprint density at radius 3 is 2.56 bits per heavy atom. The number of rotatable bonds is 8. The van der Waals surface area contributed by atoms with E-state index in [0.717, 1.165) is 5.56 Å². The number of nitrogens with zero attached hydrogens (tertiary/aromatic N) is 2. The molecule has 172 valence electrons. The van der Waals surface area contributed by atoms with Crippen LogP contribution in [0.5, 0.6) is 11.5 Å². The van der Waals surface area contributed by atoms with Crippen LogP contribution < -0.4 is 14.8 Å². The molecule has 3 rings (SSSR count). The van der Waals surface area contributed by atoms with Crippen molar-refractivity contribution in [3.8, 4) is 17.6 Å². The van der Waals surface area contributed by atoms with Gasteiger partial charge in [0.15, 0.2) is 11.5 Å². The molecule has 0 saturated carbocycles. The molecule has 0 spiro atoms. The minimum atomic E-state index is -0.649. The number of carbonyl (C=O) groups excluding carboxylic acids is 1. The molecule has 0 aliphatic carbocycles. The van der Waals surface area contributed by atoms with E-state index in [-0.39, 0.29) is 17.9 Å². The van der Waals surface area contributed by atoms with Crippen LogP contribution in [0.3, 0.4) is 0 Å². The van der Waals surface area contributed by atoms with Crippen LogP contribution in [-0.4, -0.2) is 17.9 Å². The lowest BCUT2D eigenvalue weighted by molar-refractivity contribution is -0.384. The number of hydrogen-bond donors (Lipinski definition) is 1. The molecule has 0 heterocycles. The minimum absolute atomic E-state index is 0.104. The maximum absolute atomic E-state index is 12.6. The highest BCUT2D eigenvalue weighted by molar-refractivity contribution is 14.1. The number of methoxy groups -OCH3 is 1. The number of non-ortho nitro benzene ring substituents is 1. The van der Waals surface area contributed by atoms with Gasteiger partial charge >= 0.3 is 0 Å². The molecule has 0 aromatic heterocycles. The standard InChI is InChI=1S/C24H17ClIN3O5/c1-33-22-12-15(11-21(26)23(22)34-14-16-4-2-3-5-20(16)25)10-17(13-27)24(30)28-18-6-8-19(9-7-18)29(31)32/h2-12H,14H2,1H3,(H,28,30)/b17-10-. The number of halogens is 2. The van der Waals surface area contributed by atoms with Crippen molar-refractivity contribution in [1.82, 2.24) is 0 Å². The van der Waals surface area contributed by atoms with Crippen molar-refractivity contribution >= 4 is 57.5 Å². The molecular formula is C24H17ClIN3O5. The van der Waals surface area contributed by atoms with Gasteiger partial charge in [0.05, 0.1) is 15.6 Å². The third-order valence-corrected chi connectivity index (χ3v) is 5.76. The smallest absolute Gasteiger partial charge is 0.269 e. The zero-order chi connectivity index (χ0) is 24.7. The Morgan fingerprint density at radius 1 is 1.24 bits per heavy atom. The highest BCUT2D eigenvalue weighted by atomic mass is 127. The SMILES string of the molecule is COc1cc(/C=C(/C#N)C(=O)Nc2ccc([N+](=O)[O-])cc2)cc(I)c1OCc1ccccc1Cl. The number of amides is 1. The van der Waals surface area contributed by atoms with E-state index in [1.54, 1.807) is 18.2 Å². The summed E-state index contributed by atoms with van der Waals surface area (Å²) < 4.78 is 12.1. The van der Waals surface area contributed by atoms with E-state index < -0.39 is 10.8 Å². The molecule has 8 nitrogen and oxygen atoms in total. The first-order valence-corrected chi connectivity index (χ1v) is 11.2. The number of nitriles is 1. The van der Waals surface area contributed by atoms with Crippen LogP contribution >= 0.6 is 34.2 Å². The number of nitrogens with one attached hydrogen (secondary N) is 1. The third-order valence-electron chi connectivity index (χ3n) is 4.59. The zero-order valence-corrected chi connectivity index (χ0v) is 20.7. The fraction of sp³-hybridized carbons (Fsp3) is 0.0833. The Kier molecular flexibility index (Phi) is 8.45. The van der Waals surface area contributed by atoms with E-state index in [9.17, 15) is 20.2 Å². The molecule has 34 heavy (non-hydrogen) atoms.